The van der Waals surface area contributed by atoms with Crippen molar-refractivity contribution in [2.24, 2.45) is 0 Å². The number of nitrogens with zero attached hydrogens (tertiary/aromatic N) is 2. The Balaban J connectivity index is 1.86. The second-order valence-electron chi connectivity index (χ2n) is 5.27. The number of anilines is 1. The third kappa shape index (κ3) is 2.57. The number of fused-ring (bicyclic) bond motifs is 1. The highest BCUT2D eigenvalue weighted by Gasteiger charge is 2.36. The lowest BCUT2D eigenvalue weighted by Crippen LogP contribution is -2.49. The molecule has 5 heteroatoms. The van der Waals surface area contributed by atoms with Crippen LogP contribution >= 0.6 is 11.6 Å². The summed E-state index contributed by atoms with van der Waals surface area (Å²) in [6, 6.07) is 2.60. The molecule has 0 spiro atoms. The Morgan fingerprint density at radius 1 is 1.53 bits per heavy atom. The number of halogens is 1. The monoisotopic (exact) mass is 281 g/mol. The smallest absolute Gasteiger partial charge is 0.129 e. The zero-order valence-electron chi connectivity index (χ0n) is 11.2. The first kappa shape index (κ1) is 13.2. The Labute approximate surface area is 119 Å². The van der Waals surface area contributed by atoms with Crippen molar-refractivity contribution in [3.05, 3.63) is 22.8 Å². The topological polar surface area (TPSA) is 37.4 Å². The number of hydrogen-bond donors (Lipinski definition) is 1. The van der Waals surface area contributed by atoms with Gasteiger partial charge in [0.15, 0.2) is 0 Å². The lowest BCUT2D eigenvalue weighted by atomic mass is 10.1. The minimum absolute atomic E-state index is 0.388. The van der Waals surface area contributed by atoms with Gasteiger partial charge in [-0.2, -0.15) is 0 Å². The Morgan fingerprint density at radius 2 is 2.42 bits per heavy atom. The molecular weight excluding hydrogens is 262 g/mol. The van der Waals surface area contributed by atoms with Crippen LogP contribution in [-0.2, 0) is 11.3 Å². The number of morpholine rings is 1. The SMILES string of the molecule is CNCc1cc(N2CCOC3CCCC32)ncc1Cl. The number of hydrogen-bond acceptors (Lipinski definition) is 4. The lowest BCUT2D eigenvalue weighted by Gasteiger charge is -2.38. The summed E-state index contributed by atoms with van der Waals surface area (Å²) in [7, 11) is 1.93. The summed E-state index contributed by atoms with van der Waals surface area (Å²) in [4.78, 5) is 6.92. The second-order valence-corrected chi connectivity index (χ2v) is 5.67. The van der Waals surface area contributed by atoms with Gasteiger partial charge in [0.05, 0.1) is 23.8 Å². The van der Waals surface area contributed by atoms with E-state index in [1.807, 2.05) is 7.05 Å². The van der Waals surface area contributed by atoms with Gasteiger partial charge >= 0.3 is 0 Å². The fourth-order valence-corrected chi connectivity index (χ4v) is 3.33. The molecule has 1 aromatic heterocycles. The third-order valence-electron chi connectivity index (χ3n) is 4.06. The lowest BCUT2D eigenvalue weighted by molar-refractivity contribution is 0.0253. The van der Waals surface area contributed by atoms with Crippen LogP contribution in [0.5, 0.6) is 0 Å². The van der Waals surface area contributed by atoms with Crippen molar-refractivity contribution in [1.29, 1.82) is 0 Å². The molecule has 0 aromatic carbocycles. The van der Waals surface area contributed by atoms with E-state index in [9.17, 15) is 0 Å². The van der Waals surface area contributed by atoms with E-state index in [2.05, 4.69) is 21.3 Å². The molecule has 0 amide bonds. The van der Waals surface area contributed by atoms with E-state index >= 15 is 0 Å². The van der Waals surface area contributed by atoms with Gasteiger partial charge in [-0.3, -0.25) is 0 Å². The Kier molecular flexibility index (Phi) is 3.91. The number of rotatable bonds is 3. The summed E-state index contributed by atoms with van der Waals surface area (Å²) in [5.74, 6) is 1.04. The molecule has 3 rings (SSSR count). The average Bonchev–Trinajstić information content (AvgIpc) is 2.90. The van der Waals surface area contributed by atoms with Gasteiger partial charge in [0, 0.05) is 19.3 Å². The van der Waals surface area contributed by atoms with E-state index in [0.717, 1.165) is 36.1 Å². The van der Waals surface area contributed by atoms with Gasteiger partial charge < -0.3 is 15.0 Å². The van der Waals surface area contributed by atoms with Crippen molar-refractivity contribution in [2.45, 2.75) is 38.0 Å². The van der Waals surface area contributed by atoms with Crippen LogP contribution in [0.25, 0.3) is 0 Å². The van der Waals surface area contributed by atoms with Gasteiger partial charge in [-0.15, -0.1) is 0 Å². The molecule has 19 heavy (non-hydrogen) atoms. The molecule has 1 aromatic rings. The molecule has 2 fully saturated rings. The molecule has 1 N–H and O–H groups in total. The van der Waals surface area contributed by atoms with E-state index in [-0.39, 0.29) is 0 Å². The van der Waals surface area contributed by atoms with E-state index in [0.29, 0.717) is 12.1 Å². The summed E-state index contributed by atoms with van der Waals surface area (Å²) in [5.41, 5.74) is 1.11. The van der Waals surface area contributed by atoms with Crippen molar-refractivity contribution in [3.8, 4) is 0 Å². The molecule has 2 unspecified atom stereocenters. The van der Waals surface area contributed by atoms with Crippen molar-refractivity contribution in [1.82, 2.24) is 10.3 Å². The maximum absolute atomic E-state index is 6.18. The van der Waals surface area contributed by atoms with Crippen LogP contribution in [-0.4, -0.2) is 37.3 Å². The fraction of sp³-hybridized carbons (Fsp3) is 0.643. The zero-order valence-corrected chi connectivity index (χ0v) is 12.0. The van der Waals surface area contributed by atoms with Crippen LogP contribution in [0.2, 0.25) is 5.02 Å². The zero-order chi connectivity index (χ0) is 13.2. The first-order chi connectivity index (χ1) is 9.29. The summed E-state index contributed by atoms with van der Waals surface area (Å²) in [5, 5.41) is 3.88. The van der Waals surface area contributed by atoms with Crippen molar-refractivity contribution in [2.75, 3.05) is 25.1 Å². The second kappa shape index (κ2) is 5.65. The van der Waals surface area contributed by atoms with Crippen LogP contribution in [0.15, 0.2) is 12.3 Å². The molecule has 2 atom stereocenters. The maximum atomic E-state index is 6.18. The fourth-order valence-electron chi connectivity index (χ4n) is 3.16. The quantitative estimate of drug-likeness (QED) is 0.922. The van der Waals surface area contributed by atoms with Crippen LogP contribution < -0.4 is 10.2 Å². The molecule has 0 radical (unpaired) electrons. The normalized spacial score (nSPS) is 26.5. The van der Waals surface area contributed by atoms with Gasteiger partial charge in [0.2, 0.25) is 0 Å². The molecule has 2 heterocycles. The molecule has 1 aliphatic heterocycles. The van der Waals surface area contributed by atoms with Crippen molar-refractivity contribution >= 4 is 17.4 Å². The molecule has 2 aliphatic rings. The minimum Gasteiger partial charge on any atom is -0.374 e. The molecule has 1 saturated heterocycles. The van der Waals surface area contributed by atoms with Gasteiger partial charge in [0.25, 0.3) is 0 Å². The Hall–Kier alpha value is -0.840. The summed E-state index contributed by atoms with van der Waals surface area (Å²) < 4.78 is 5.85. The van der Waals surface area contributed by atoms with E-state index < -0.39 is 0 Å². The summed E-state index contributed by atoms with van der Waals surface area (Å²) in [6.07, 6.45) is 5.79. The van der Waals surface area contributed by atoms with Crippen molar-refractivity contribution < 1.29 is 4.74 Å². The van der Waals surface area contributed by atoms with Gasteiger partial charge in [-0.1, -0.05) is 11.6 Å². The van der Waals surface area contributed by atoms with E-state index in [1.54, 1.807) is 6.20 Å². The number of aromatic nitrogens is 1. The summed E-state index contributed by atoms with van der Waals surface area (Å²) >= 11 is 6.18. The highest BCUT2D eigenvalue weighted by molar-refractivity contribution is 6.31. The third-order valence-corrected chi connectivity index (χ3v) is 4.40. The van der Waals surface area contributed by atoms with Gasteiger partial charge in [0.1, 0.15) is 5.82 Å². The number of nitrogens with one attached hydrogen (secondary N) is 1. The van der Waals surface area contributed by atoms with E-state index in [4.69, 9.17) is 16.3 Å². The molecule has 0 bridgehead atoms. The van der Waals surface area contributed by atoms with Crippen molar-refractivity contribution in [3.63, 3.8) is 0 Å². The summed E-state index contributed by atoms with van der Waals surface area (Å²) in [6.45, 7) is 2.49. The highest BCUT2D eigenvalue weighted by atomic mass is 35.5. The largest absolute Gasteiger partial charge is 0.374 e. The predicted molar refractivity (Wildman–Crippen MR) is 76.7 cm³/mol. The predicted octanol–water partition coefficient (Wildman–Crippen LogP) is 2.21. The van der Waals surface area contributed by atoms with Gasteiger partial charge in [-0.05, 0) is 37.9 Å². The van der Waals surface area contributed by atoms with E-state index in [1.165, 1.54) is 19.3 Å². The molecule has 4 nitrogen and oxygen atoms in total. The average molecular weight is 282 g/mol. The molecule has 1 aliphatic carbocycles. The Morgan fingerprint density at radius 3 is 3.26 bits per heavy atom. The standard InChI is InChI=1S/C14H20ClN3O/c1-16-8-10-7-14(17-9-11(10)15)18-5-6-19-13-4-2-3-12(13)18/h7,9,12-13,16H,2-6,8H2,1H3. The number of pyridine rings is 1. The van der Waals surface area contributed by atoms with Crippen LogP contribution in [0, 0.1) is 0 Å². The number of ether oxygens (including phenoxy) is 1. The van der Waals surface area contributed by atoms with Crippen LogP contribution in [0.1, 0.15) is 24.8 Å². The van der Waals surface area contributed by atoms with Crippen LogP contribution in [0.3, 0.4) is 0 Å². The van der Waals surface area contributed by atoms with Gasteiger partial charge in [-0.25, -0.2) is 4.98 Å². The molecule has 1 saturated carbocycles. The highest BCUT2D eigenvalue weighted by Crippen LogP contribution is 2.33. The maximum Gasteiger partial charge on any atom is 0.129 e. The molecule has 104 valence electrons. The minimum atomic E-state index is 0.388. The first-order valence-corrected chi connectivity index (χ1v) is 7.34. The van der Waals surface area contributed by atoms with Crippen LogP contribution in [0.4, 0.5) is 5.82 Å². The molecular formula is C14H20ClN3O. The Bertz CT molecular complexity index is 454. The first-order valence-electron chi connectivity index (χ1n) is 6.97.